The van der Waals surface area contributed by atoms with Gasteiger partial charge in [-0.2, -0.15) is 0 Å². The lowest BCUT2D eigenvalue weighted by atomic mass is 9.98. The smallest absolute Gasteiger partial charge is 0.187 e. The highest BCUT2D eigenvalue weighted by molar-refractivity contribution is 8.00. The summed E-state index contributed by atoms with van der Waals surface area (Å²) in [6.07, 6.45) is -12.5. The molecule has 2 aliphatic heterocycles. The summed E-state index contributed by atoms with van der Waals surface area (Å²) in [4.78, 5) is 0. The number of hydrogen-bond acceptors (Lipinski definition) is 11. The van der Waals surface area contributed by atoms with Crippen LogP contribution in [-0.2, 0) is 14.2 Å². The predicted molar refractivity (Wildman–Crippen MR) is 89.1 cm³/mol. The van der Waals surface area contributed by atoms with Crippen LogP contribution in [0.5, 0.6) is 0 Å². The summed E-state index contributed by atoms with van der Waals surface area (Å²) in [5.41, 5.74) is -0.794. The summed E-state index contributed by atoms with van der Waals surface area (Å²) in [6.45, 7) is 2.64. The summed E-state index contributed by atoms with van der Waals surface area (Å²) < 4.78 is 16.5. The van der Waals surface area contributed by atoms with Gasteiger partial charge in [-0.25, -0.2) is 0 Å². The second-order valence-corrected chi connectivity index (χ2v) is 8.37. The van der Waals surface area contributed by atoms with Crippen molar-refractivity contribution in [2.24, 2.45) is 0 Å². The fourth-order valence-corrected chi connectivity index (χ4v) is 4.04. The first-order valence-corrected chi connectivity index (χ1v) is 9.39. The third kappa shape index (κ3) is 4.67. The van der Waals surface area contributed by atoms with Crippen molar-refractivity contribution >= 4 is 11.8 Å². The van der Waals surface area contributed by atoms with Gasteiger partial charge in [0.25, 0.3) is 0 Å². The largest absolute Gasteiger partial charge is 0.394 e. The van der Waals surface area contributed by atoms with Crippen LogP contribution in [0.25, 0.3) is 0 Å². The zero-order chi connectivity index (χ0) is 19.6. The number of rotatable bonds is 6. The second-order valence-electron chi connectivity index (χ2n) is 6.69. The van der Waals surface area contributed by atoms with Crippen molar-refractivity contribution < 1.29 is 50.0 Å². The van der Waals surface area contributed by atoms with Crippen LogP contribution in [0.15, 0.2) is 0 Å². The zero-order valence-electron chi connectivity index (χ0n) is 14.5. The van der Waals surface area contributed by atoms with Crippen molar-refractivity contribution in [2.45, 2.75) is 79.7 Å². The first-order chi connectivity index (χ1) is 12.2. The SMILES string of the molecule is CC(C)S[C@@H]1O[C@H](CO)[C@H](O)[C@H](O)[C@H]1OC1O[C@H](CO)[C@@H](O)[C@H](O)[C@H]1O. The molecule has 154 valence electrons. The van der Waals surface area contributed by atoms with Gasteiger partial charge in [0.05, 0.1) is 13.2 Å². The molecule has 2 fully saturated rings. The molecule has 0 aromatic rings. The summed E-state index contributed by atoms with van der Waals surface area (Å²) in [5.74, 6) is 0. The van der Waals surface area contributed by atoms with Crippen LogP contribution in [0.4, 0.5) is 0 Å². The molecule has 1 unspecified atom stereocenters. The Morgan fingerprint density at radius 2 is 1.35 bits per heavy atom. The van der Waals surface area contributed by atoms with Crippen molar-refractivity contribution in [1.82, 2.24) is 0 Å². The maximum absolute atomic E-state index is 10.4. The van der Waals surface area contributed by atoms with E-state index in [0.717, 1.165) is 0 Å². The number of aliphatic hydroxyl groups excluding tert-OH is 7. The van der Waals surface area contributed by atoms with Crippen LogP contribution in [0, 0.1) is 0 Å². The molecule has 0 aromatic heterocycles. The number of thioether (sulfide) groups is 1. The molecule has 2 saturated heterocycles. The Bertz CT molecular complexity index is 439. The first kappa shape index (κ1) is 22.2. The maximum atomic E-state index is 10.4. The van der Waals surface area contributed by atoms with E-state index in [9.17, 15) is 35.7 Å². The van der Waals surface area contributed by atoms with E-state index in [2.05, 4.69) is 0 Å². The van der Waals surface area contributed by atoms with Crippen molar-refractivity contribution in [3.05, 3.63) is 0 Å². The van der Waals surface area contributed by atoms with Crippen LogP contribution < -0.4 is 0 Å². The average Bonchev–Trinajstić information content (AvgIpc) is 2.60. The fraction of sp³-hybridized carbons (Fsp3) is 1.00. The zero-order valence-corrected chi connectivity index (χ0v) is 15.3. The molecule has 0 spiro atoms. The van der Waals surface area contributed by atoms with E-state index in [1.807, 2.05) is 13.8 Å². The Hall–Kier alpha value is -0.0500. The van der Waals surface area contributed by atoms with E-state index in [-0.39, 0.29) is 5.25 Å². The fourth-order valence-electron chi connectivity index (χ4n) is 2.91. The van der Waals surface area contributed by atoms with Gasteiger partial charge in [0, 0.05) is 5.25 Å². The van der Waals surface area contributed by atoms with E-state index < -0.39 is 73.8 Å². The van der Waals surface area contributed by atoms with Crippen LogP contribution in [-0.4, -0.2) is 115 Å². The molecule has 0 aromatic carbocycles. The molecule has 0 radical (unpaired) electrons. The Morgan fingerprint density at radius 1 is 0.808 bits per heavy atom. The molecule has 0 amide bonds. The lowest BCUT2D eigenvalue weighted by molar-refractivity contribution is -0.334. The van der Waals surface area contributed by atoms with Gasteiger partial charge >= 0.3 is 0 Å². The molecule has 11 heteroatoms. The Labute approximate surface area is 155 Å². The molecule has 10 atom stereocenters. The minimum Gasteiger partial charge on any atom is -0.394 e. The van der Waals surface area contributed by atoms with Crippen molar-refractivity contribution in [1.29, 1.82) is 0 Å². The molecule has 26 heavy (non-hydrogen) atoms. The van der Waals surface area contributed by atoms with Crippen LogP contribution in [0.3, 0.4) is 0 Å². The van der Waals surface area contributed by atoms with Gasteiger partial charge in [0.1, 0.15) is 54.3 Å². The highest BCUT2D eigenvalue weighted by Crippen LogP contribution is 2.35. The Kier molecular flexibility index (Phi) is 8.07. The lowest BCUT2D eigenvalue weighted by Gasteiger charge is -2.46. The van der Waals surface area contributed by atoms with Crippen LogP contribution in [0.2, 0.25) is 0 Å². The summed E-state index contributed by atoms with van der Waals surface area (Å²) >= 11 is 1.28. The monoisotopic (exact) mass is 400 g/mol. The third-order valence-corrected chi connectivity index (χ3v) is 5.56. The molecular formula is C15H28O10S. The molecule has 0 bridgehead atoms. The minimum absolute atomic E-state index is 0.0580. The molecule has 0 saturated carbocycles. The van der Waals surface area contributed by atoms with Gasteiger partial charge in [-0.1, -0.05) is 13.8 Å². The van der Waals surface area contributed by atoms with Crippen LogP contribution in [0.1, 0.15) is 13.8 Å². The topological polar surface area (TPSA) is 169 Å². The first-order valence-electron chi connectivity index (χ1n) is 8.45. The average molecular weight is 400 g/mol. The molecule has 10 nitrogen and oxygen atoms in total. The molecule has 2 rings (SSSR count). The molecule has 2 heterocycles. The van der Waals surface area contributed by atoms with Crippen molar-refractivity contribution in [2.75, 3.05) is 13.2 Å². The predicted octanol–water partition coefficient (Wildman–Crippen LogP) is -3.25. The quantitative estimate of drug-likeness (QED) is 0.239. The summed E-state index contributed by atoms with van der Waals surface area (Å²) in [6, 6.07) is 0. The van der Waals surface area contributed by atoms with E-state index in [1.165, 1.54) is 11.8 Å². The Balaban J connectivity index is 2.17. The maximum Gasteiger partial charge on any atom is 0.187 e. The van der Waals surface area contributed by atoms with Gasteiger partial charge < -0.3 is 50.0 Å². The van der Waals surface area contributed by atoms with E-state index in [0.29, 0.717) is 0 Å². The normalized spacial score (nSPS) is 47.3. The highest BCUT2D eigenvalue weighted by atomic mass is 32.2. The standard InChI is InChI=1S/C15H28O10S/c1-5(2)26-15-13(11(21)9(19)7(4-17)24-15)25-14-12(22)10(20)8(18)6(3-16)23-14/h5-22H,3-4H2,1-2H3/t6-,7-,8-,9+,10+,11+,12-,13-,14?,15+/m1/s1. The van der Waals surface area contributed by atoms with Gasteiger partial charge in [0.2, 0.25) is 0 Å². The third-order valence-electron chi connectivity index (χ3n) is 4.37. The molecular weight excluding hydrogens is 372 g/mol. The minimum atomic E-state index is -1.64. The van der Waals surface area contributed by atoms with E-state index >= 15 is 0 Å². The second kappa shape index (κ2) is 9.43. The van der Waals surface area contributed by atoms with Crippen LogP contribution >= 0.6 is 11.8 Å². The van der Waals surface area contributed by atoms with Gasteiger partial charge in [-0.05, 0) is 0 Å². The van der Waals surface area contributed by atoms with Crippen molar-refractivity contribution in [3.8, 4) is 0 Å². The number of aliphatic hydroxyl groups is 7. The Morgan fingerprint density at radius 3 is 1.88 bits per heavy atom. The summed E-state index contributed by atoms with van der Waals surface area (Å²) in [7, 11) is 0. The van der Waals surface area contributed by atoms with Gasteiger partial charge in [-0.15, -0.1) is 11.8 Å². The molecule has 2 aliphatic rings. The summed E-state index contributed by atoms with van der Waals surface area (Å²) in [5, 5.41) is 68.9. The number of hydrogen-bond donors (Lipinski definition) is 7. The van der Waals surface area contributed by atoms with Gasteiger partial charge in [-0.3, -0.25) is 0 Å². The van der Waals surface area contributed by atoms with Crippen molar-refractivity contribution in [3.63, 3.8) is 0 Å². The lowest BCUT2D eigenvalue weighted by Crippen LogP contribution is -2.64. The van der Waals surface area contributed by atoms with E-state index in [1.54, 1.807) is 0 Å². The van der Waals surface area contributed by atoms with E-state index in [4.69, 9.17) is 14.2 Å². The van der Waals surface area contributed by atoms with Gasteiger partial charge in [0.15, 0.2) is 6.29 Å². The molecule has 0 aliphatic carbocycles. The molecule has 7 N–H and O–H groups in total. The number of ether oxygens (including phenoxy) is 3. The highest BCUT2D eigenvalue weighted by Gasteiger charge is 2.50.